The van der Waals surface area contributed by atoms with Gasteiger partial charge in [-0.05, 0) is 44.4 Å². The van der Waals surface area contributed by atoms with E-state index in [0.717, 1.165) is 5.56 Å². The molecule has 0 radical (unpaired) electrons. The molecule has 5 heteroatoms. The molecule has 0 aliphatic rings. The largest absolute Gasteiger partial charge is 0.459 e. The molecule has 0 saturated carbocycles. The third-order valence-electron chi connectivity index (χ3n) is 2.46. The van der Waals surface area contributed by atoms with E-state index in [9.17, 15) is 9.59 Å². The SMILES string of the molecule is CC(C)(C)OC(=O)[C@H](Cc1ccccc1)NCC(=O)Cl. The van der Waals surface area contributed by atoms with Crippen molar-refractivity contribution >= 4 is 22.8 Å². The Morgan fingerprint density at radius 3 is 2.35 bits per heavy atom. The van der Waals surface area contributed by atoms with Crippen molar-refractivity contribution in [3.8, 4) is 0 Å². The molecule has 1 N–H and O–H groups in total. The highest BCUT2D eigenvalue weighted by Crippen LogP contribution is 2.11. The summed E-state index contributed by atoms with van der Waals surface area (Å²) in [6, 6.07) is 8.94. The van der Waals surface area contributed by atoms with E-state index >= 15 is 0 Å². The van der Waals surface area contributed by atoms with E-state index in [0.29, 0.717) is 6.42 Å². The van der Waals surface area contributed by atoms with E-state index in [2.05, 4.69) is 5.32 Å². The molecule has 0 aromatic heterocycles. The van der Waals surface area contributed by atoms with Crippen LogP contribution in [0.25, 0.3) is 0 Å². The highest BCUT2D eigenvalue weighted by atomic mass is 35.5. The van der Waals surface area contributed by atoms with Crippen LogP contribution in [0.3, 0.4) is 0 Å². The molecule has 0 amide bonds. The number of benzene rings is 1. The van der Waals surface area contributed by atoms with Crippen LogP contribution in [-0.4, -0.2) is 29.4 Å². The fourth-order valence-electron chi connectivity index (χ4n) is 1.66. The maximum absolute atomic E-state index is 12.1. The van der Waals surface area contributed by atoms with Crippen molar-refractivity contribution in [3.63, 3.8) is 0 Å². The van der Waals surface area contributed by atoms with Crippen LogP contribution in [0.4, 0.5) is 0 Å². The van der Waals surface area contributed by atoms with Crippen LogP contribution in [0.5, 0.6) is 0 Å². The van der Waals surface area contributed by atoms with E-state index in [1.807, 2.05) is 30.3 Å². The van der Waals surface area contributed by atoms with Gasteiger partial charge in [-0.2, -0.15) is 0 Å². The summed E-state index contributed by atoms with van der Waals surface area (Å²) in [7, 11) is 0. The van der Waals surface area contributed by atoms with Crippen molar-refractivity contribution in [1.29, 1.82) is 0 Å². The van der Waals surface area contributed by atoms with Crippen LogP contribution in [0.1, 0.15) is 26.3 Å². The van der Waals surface area contributed by atoms with Gasteiger partial charge in [0.1, 0.15) is 11.6 Å². The molecule has 0 fully saturated rings. The number of rotatable bonds is 6. The number of esters is 1. The zero-order chi connectivity index (χ0) is 15.2. The van der Waals surface area contributed by atoms with Gasteiger partial charge in [0.15, 0.2) is 0 Å². The highest BCUT2D eigenvalue weighted by Gasteiger charge is 2.25. The first kappa shape index (κ1) is 16.7. The van der Waals surface area contributed by atoms with Gasteiger partial charge in [0.05, 0.1) is 6.54 Å². The first-order chi connectivity index (χ1) is 9.28. The lowest BCUT2D eigenvalue weighted by Gasteiger charge is -2.24. The minimum Gasteiger partial charge on any atom is -0.459 e. The van der Waals surface area contributed by atoms with Gasteiger partial charge >= 0.3 is 5.97 Å². The van der Waals surface area contributed by atoms with Crippen molar-refractivity contribution in [3.05, 3.63) is 35.9 Å². The third kappa shape index (κ3) is 6.68. The maximum atomic E-state index is 12.1. The molecule has 1 aromatic carbocycles. The number of carbonyl (C=O) groups is 2. The van der Waals surface area contributed by atoms with Crippen LogP contribution in [0.2, 0.25) is 0 Å². The molecule has 0 aliphatic heterocycles. The van der Waals surface area contributed by atoms with Gasteiger partial charge in [-0.15, -0.1) is 0 Å². The van der Waals surface area contributed by atoms with Gasteiger partial charge in [0, 0.05) is 0 Å². The minimum absolute atomic E-state index is 0.0711. The Hall–Kier alpha value is -1.39. The number of halogens is 1. The molecular weight excluding hydrogens is 278 g/mol. The summed E-state index contributed by atoms with van der Waals surface area (Å²) in [4.78, 5) is 23.0. The third-order valence-corrected chi connectivity index (χ3v) is 2.60. The quantitative estimate of drug-likeness (QED) is 0.646. The second-order valence-corrected chi connectivity index (χ2v) is 5.93. The summed E-state index contributed by atoms with van der Waals surface area (Å²) in [5.74, 6) is -0.390. The smallest absolute Gasteiger partial charge is 0.324 e. The summed E-state index contributed by atoms with van der Waals surface area (Å²) in [6.45, 7) is 5.34. The standard InChI is InChI=1S/C15H20ClNO3/c1-15(2,3)20-14(19)12(17-10-13(16)18)9-11-7-5-4-6-8-11/h4-8,12,17H,9-10H2,1-3H3/t12-/m0/s1. The Kier molecular flexibility index (Phi) is 6.17. The molecule has 1 aromatic rings. The monoisotopic (exact) mass is 297 g/mol. The lowest BCUT2D eigenvalue weighted by molar-refractivity contribution is -0.157. The van der Waals surface area contributed by atoms with Crippen LogP contribution < -0.4 is 5.32 Å². The lowest BCUT2D eigenvalue weighted by atomic mass is 10.1. The van der Waals surface area contributed by atoms with Crippen molar-refractivity contribution < 1.29 is 14.3 Å². The summed E-state index contributed by atoms with van der Waals surface area (Å²) >= 11 is 5.31. The van der Waals surface area contributed by atoms with Crippen molar-refractivity contribution in [1.82, 2.24) is 5.32 Å². The van der Waals surface area contributed by atoms with Gasteiger partial charge in [-0.25, -0.2) is 0 Å². The Bertz CT molecular complexity index is 454. The topological polar surface area (TPSA) is 55.4 Å². The van der Waals surface area contributed by atoms with Gasteiger partial charge in [-0.1, -0.05) is 30.3 Å². The molecule has 1 atom stereocenters. The maximum Gasteiger partial charge on any atom is 0.324 e. The fourth-order valence-corrected chi connectivity index (χ4v) is 1.74. The van der Waals surface area contributed by atoms with E-state index in [-0.39, 0.29) is 12.5 Å². The number of hydrogen-bond acceptors (Lipinski definition) is 4. The second-order valence-electron chi connectivity index (χ2n) is 5.51. The summed E-state index contributed by atoms with van der Waals surface area (Å²) in [5, 5.41) is 2.30. The number of carbonyl (C=O) groups excluding carboxylic acids is 2. The molecule has 4 nitrogen and oxygen atoms in total. The Labute approximate surface area is 124 Å². The number of ether oxygens (including phenoxy) is 1. The molecule has 0 saturated heterocycles. The number of hydrogen-bond donors (Lipinski definition) is 1. The average Bonchev–Trinajstić information content (AvgIpc) is 2.33. The van der Waals surface area contributed by atoms with Crippen LogP contribution in [0.15, 0.2) is 30.3 Å². The van der Waals surface area contributed by atoms with E-state index < -0.39 is 16.9 Å². The van der Waals surface area contributed by atoms with Crippen LogP contribution >= 0.6 is 11.6 Å². The van der Waals surface area contributed by atoms with E-state index in [4.69, 9.17) is 16.3 Å². The summed E-state index contributed by atoms with van der Waals surface area (Å²) < 4.78 is 5.35. The molecule has 1 rings (SSSR count). The molecule has 0 spiro atoms. The minimum atomic E-state index is -0.598. The Morgan fingerprint density at radius 1 is 1.25 bits per heavy atom. The zero-order valence-electron chi connectivity index (χ0n) is 12.0. The lowest BCUT2D eigenvalue weighted by Crippen LogP contribution is -2.44. The molecule has 0 aliphatic carbocycles. The second kappa shape index (κ2) is 7.41. The summed E-state index contributed by atoms with van der Waals surface area (Å²) in [6.07, 6.45) is 0.444. The molecule has 110 valence electrons. The van der Waals surface area contributed by atoms with Crippen molar-refractivity contribution in [2.24, 2.45) is 0 Å². The molecule has 0 unspecified atom stereocenters. The Morgan fingerprint density at radius 2 is 1.85 bits per heavy atom. The predicted octanol–water partition coefficient (Wildman–Crippen LogP) is 2.29. The molecular formula is C15H20ClNO3. The molecule has 0 heterocycles. The van der Waals surface area contributed by atoms with E-state index in [1.165, 1.54) is 0 Å². The van der Waals surface area contributed by atoms with Crippen molar-refractivity contribution in [2.45, 2.75) is 38.8 Å². The molecule has 0 bridgehead atoms. The summed E-state index contributed by atoms with van der Waals surface area (Å²) in [5.41, 5.74) is 0.413. The van der Waals surface area contributed by atoms with Gasteiger partial charge < -0.3 is 4.74 Å². The first-order valence-electron chi connectivity index (χ1n) is 6.46. The predicted molar refractivity (Wildman–Crippen MR) is 78.6 cm³/mol. The fraction of sp³-hybridized carbons (Fsp3) is 0.467. The van der Waals surface area contributed by atoms with Crippen LogP contribution in [-0.2, 0) is 20.7 Å². The molecule has 20 heavy (non-hydrogen) atoms. The normalized spacial score (nSPS) is 12.8. The zero-order valence-corrected chi connectivity index (χ0v) is 12.7. The van der Waals surface area contributed by atoms with Gasteiger partial charge in [-0.3, -0.25) is 14.9 Å². The first-order valence-corrected chi connectivity index (χ1v) is 6.84. The Balaban J connectivity index is 2.74. The van der Waals surface area contributed by atoms with Crippen LogP contribution in [0, 0.1) is 0 Å². The average molecular weight is 298 g/mol. The van der Waals surface area contributed by atoms with Gasteiger partial charge in [0.25, 0.3) is 0 Å². The number of nitrogens with one attached hydrogen (secondary N) is 1. The highest BCUT2D eigenvalue weighted by molar-refractivity contribution is 6.64. The van der Waals surface area contributed by atoms with Crippen molar-refractivity contribution in [2.75, 3.05) is 6.54 Å². The van der Waals surface area contributed by atoms with Gasteiger partial charge in [0.2, 0.25) is 5.24 Å². The van der Waals surface area contributed by atoms with E-state index in [1.54, 1.807) is 20.8 Å².